The molecule has 0 unspecified atom stereocenters. The SMILES string of the molecule is C.CC.CC.CC.CC.Cc1ccc2c(c1)C(=O)OC2=O.Cn1c2nc3[n+](C)c(nc4c5ccccc5c(nc5[n+](C)c(nc1c1ccccc12)-c1ccccc1-5)n4C)-c1ccccc1-3. The van der Waals surface area contributed by atoms with Gasteiger partial charge in [-0.2, -0.15) is 0 Å². The number of carbonyl (C=O) groups excluding carboxylic acids is 2. The average molecular weight is 871 g/mol. The van der Waals surface area contributed by atoms with Crippen molar-refractivity contribution in [3.8, 4) is 45.6 Å². The Balaban J connectivity index is 0.000000320. The summed E-state index contributed by atoms with van der Waals surface area (Å²) < 4.78 is 12.8. The third kappa shape index (κ3) is 8.42. The van der Waals surface area contributed by atoms with Gasteiger partial charge in [0.1, 0.15) is 0 Å². The molecule has 3 aromatic heterocycles. The van der Waals surface area contributed by atoms with Crippen LogP contribution in [0.2, 0.25) is 0 Å². The molecule has 0 fully saturated rings. The number of aryl methyl sites for hydroxylation is 3. The molecule has 0 saturated carbocycles. The molecule has 0 aliphatic carbocycles. The molecule has 334 valence electrons. The van der Waals surface area contributed by atoms with Crippen molar-refractivity contribution in [1.82, 2.24) is 29.1 Å². The first-order valence-corrected chi connectivity index (χ1v) is 22.2. The first-order chi connectivity index (χ1) is 31.2. The van der Waals surface area contributed by atoms with Crippen LogP contribution in [0.25, 0.3) is 89.7 Å². The molecule has 8 bridgehead atoms. The van der Waals surface area contributed by atoms with E-state index in [1.807, 2.05) is 90.5 Å². The van der Waals surface area contributed by atoms with Crippen LogP contribution in [0.15, 0.2) is 115 Å². The zero-order valence-corrected chi connectivity index (χ0v) is 39.3. The fourth-order valence-corrected chi connectivity index (χ4v) is 8.02. The number of benzene rings is 5. The summed E-state index contributed by atoms with van der Waals surface area (Å²) in [6.07, 6.45) is 0. The lowest BCUT2D eigenvalue weighted by atomic mass is 10.1. The summed E-state index contributed by atoms with van der Waals surface area (Å²) in [5, 5.41) is 4.18. The lowest BCUT2D eigenvalue weighted by Crippen LogP contribution is -2.31. The van der Waals surface area contributed by atoms with Crippen LogP contribution in [-0.4, -0.2) is 41.0 Å². The summed E-state index contributed by atoms with van der Waals surface area (Å²) in [5.41, 5.74) is 9.25. The van der Waals surface area contributed by atoms with Crippen molar-refractivity contribution in [1.29, 1.82) is 0 Å². The molecule has 0 spiro atoms. The summed E-state index contributed by atoms with van der Waals surface area (Å²) in [7, 11) is 8.19. The molecular weight excluding hydrogens is 809 g/mol. The van der Waals surface area contributed by atoms with Crippen molar-refractivity contribution in [3.63, 3.8) is 0 Å². The number of aromatic nitrogens is 8. The van der Waals surface area contributed by atoms with Gasteiger partial charge in [0, 0.05) is 35.6 Å². The van der Waals surface area contributed by atoms with Crippen LogP contribution in [0.5, 0.6) is 0 Å². The summed E-state index contributed by atoms with van der Waals surface area (Å²) in [4.78, 5) is 43.4. The van der Waals surface area contributed by atoms with Crippen LogP contribution >= 0.6 is 0 Å². The minimum Gasteiger partial charge on any atom is -0.386 e. The van der Waals surface area contributed by atoms with Gasteiger partial charge >= 0.3 is 11.9 Å². The lowest BCUT2D eigenvalue weighted by Gasteiger charge is -1.94. The standard InChI is InChI=1S/C36H28N8.C9H6O3.4C2H6.CH4/c1-41-29-21-13-5-6-14-22(21)30(41)38-32-24-16-8-10-18-26(24)34(43(32)3)40-36-28-20-12-11-19-27(28)35(44(36)4)39-33-25-17-9-7-15-23(25)31(37-29)42(33)2;1-5-2-3-6-7(4-5)9(11)12-8(6)10;4*1-2;/h5-20H,1-4H3;2-4H,1H3;4*1-2H3;1H4/q+2;;;;;;. The highest BCUT2D eigenvalue weighted by Gasteiger charge is 2.33. The Morgan fingerprint density at radius 2 is 0.692 bits per heavy atom. The van der Waals surface area contributed by atoms with Gasteiger partial charge in [0.25, 0.3) is 23.3 Å². The number of fused-ring (bicyclic) bond motifs is 21. The van der Waals surface area contributed by atoms with Crippen LogP contribution in [0.3, 0.4) is 0 Å². The van der Waals surface area contributed by atoms with Gasteiger partial charge in [0.05, 0.1) is 47.5 Å². The van der Waals surface area contributed by atoms with E-state index < -0.39 is 11.9 Å². The van der Waals surface area contributed by atoms with Gasteiger partial charge in [-0.05, 0) is 67.6 Å². The minimum absolute atomic E-state index is 0. The summed E-state index contributed by atoms with van der Waals surface area (Å²) in [6, 6.07) is 38.5. The minimum atomic E-state index is -0.546. The smallest absolute Gasteiger partial charge is 0.346 e. The largest absolute Gasteiger partial charge is 0.386 e. The summed E-state index contributed by atoms with van der Waals surface area (Å²) >= 11 is 0. The van der Waals surface area contributed by atoms with Crippen molar-refractivity contribution < 1.29 is 23.5 Å². The quantitative estimate of drug-likeness (QED) is 0.0847. The van der Waals surface area contributed by atoms with E-state index in [1.165, 1.54) is 0 Å². The maximum atomic E-state index is 11.0. The fraction of sp³-hybridized carbons (Fsp3) is 0.259. The molecule has 3 aliphatic rings. The van der Waals surface area contributed by atoms with Crippen molar-refractivity contribution in [2.75, 3.05) is 0 Å². The van der Waals surface area contributed by atoms with E-state index in [0.717, 1.165) is 95.2 Å². The van der Waals surface area contributed by atoms with E-state index >= 15 is 0 Å². The highest BCUT2D eigenvalue weighted by atomic mass is 16.6. The van der Waals surface area contributed by atoms with Gasteiger partial charge in [-0.1, -0.05) is 143 Å². The molecule has 0 N–H and O–H groups in total. The molecule has 8 aromatic rings. The number of hydrogen-bond donors (Lipinski definition) is 0. The van der Waals surface area contributed by atoms with Crippen LogP contribution in [0.1, 0.15) is 89.1 Å². The molecule has 0 radical (unpaired) electrons. The second-order valence-electron chi connectivity index (χ2n) is 14.2. The van der Waals surface area contributed by atoms with E-state index in [4.69, 9.17) is 19.9 Å². The molecule has 65 heavy (non-hydrogen) atoms. The van der Waals surface area contributed by atoms with Gasteiger partial charge in [-0.3, -0.25) is 9.13 Å². The van der Waals surface area contributed by atoms with Crippen LogP contribution < -0.4 is 9.13 Å². The number of esters is 2. The number of rotatable bonds is 0. The summed E-state index contributed by atoms with van der Waals surface area (Å²) in [6.45, 7) is 17.9. The molecule has 11 heteroatoms. The zero-order valence-electron chi connectivity index (χ0n) is 39.3. The van der Waals surface area contributed by atoms with Crippen LogP contribution in [0, 0.1) is 6.92 Å². The average Bonchev–Trinajstić information content (AvgIpc) is 4.04. The highest BCUT2D eigenvalue weighted by Crippen LogP contribution is 2.36. The van der Waals surface area contributed by atoms with Crippen molar-refractivity contribution in [2.45, 2.75) is 69.7 Å². The van der Waals surface area contributed by atoms with E-state index in [9.17, 15) is 9.59 Å². The molecule has 0 atom stereocenters. The second-order valence-corrected chi connectivity index (χ2v) is 14.2. The van der Waals surface area contributed by atoms with Gasteiger partial charge in [0.15, 0.2) is 0 Å². The van der Waals surface area contributed by atoms with Gasteiger partial charge < -0.3 is 4.74 Å². The fourth-order valence-electron chi connectivity index (χ4n) is 8.02. The first kappa shape index (κ1) is 48.6. The Labute approximate surface area is 382 Å². The molecule has 11 nitrogen and oxygen atoms in total. The number of carbonyl (C=O) groups is 2. The molecule has 0 amide bonds. The van der Waals surface area contributed by atoms with Crippen LogP contribution in [0.4, 0.5) is 0 Å². The van der Waals surface area contributed by atoms with Gasteiger partial charge in [0.2, 0.25) is 22.6 Å². The topological polar surface area (TPSA) is 113 Å². The molecule has 0 saturated heterocycles. The van der Waals surface area contributed by atoms with Gasteiger partial charge in [-0.25, -0.2) is 18.7 Å². The maximum Gasteiger partial charge on any atom is 0.346 e. The highest BCUT2D eigenvalue weighted by molar-refractivity contribution is 6.14. The van der Waals surface area contributed by atoms with E-state index in [0.29, 0.717) is 11.1 Å². The molecule has 11 rings (SSSR count). The van der Waals surface area contributed by atoms with Crippen molar-refractivity contribution >= 4 is 56.1 Å². The Bertz CT molecular complexity index is 2890. The number of cyclic esters (lactones) is 2. The second kappa shape index (κ2) is 20.9. The number of hydrogen-bond acceptors (Lipinski definition) is 7. The van der Waals surface area contributed by atoms with Crippen LogP contribution in [-0.2, 0) is 32.9 Å². The number of nitrogens with zero attached hydrogens (tertiary/aromatic N) is 8. The van der Waals surface area contributed by atoms with Crippen molar-refractivity contribution in [3.05, 3.63) is 132 Å². The van der Waals surface area contributed by atoms with E-state index in [-0.39, 0.29) is 7.43 Å². The zero-order chi connectivity index (χ0) is 46.4. The predicted octanol–water partition coefficient (Wildman–Crippen LogP) is 11.8. The normalized spacial score (nSPS) is 11.2. The molecule has 6 heterocycles. The molecule has 3 aliphatic heterocycles. The van der Waals surface area contributed by atoms with E-state index in [1.54, 1.807) is 18.2 Å². The van der Waals surface area contributed by atoms with Crippen molar-refractivity contribution in [2.24, 2.45) is 28.2 Å². The predicted molar refractivity (Wildman–Crippen MR) is 265 cm³/mol. The Kier molecular flexibility index (Phi) is 15.6. The molecular formula is C54H62N8O3+2. The maximum absolute atomic E-state index is 11.0. The third-order valence-corrected chi connectivity index (χ3v) is 10.8. The third-order valence-electron chi connectivity index (χ3n) is 10.8. The lowest BCUT2D eigenvalue weighted by molar-refractivity contribution is -0.650. The van der Waals surface area contributed by atoms with E-state index in [2.05, 4.69) is 120 Å². The Morgan fingerprint density at radius 1 is 0.415 bits per heavy atom. The Morgan fingerprint density at radius 3 is 1.00 bits per heavy atom. The van der Waals surface area contributed by atoms with Gasteiger partial charge in [-0.15, -0.1) is 0 Å². The Hall–Kier alpha value is -7.40. The first-order valence-electron chi connectivity index (χ1n) is 22.2. The summed E-state index contributed by atoms with van der Waals surface area (Å²) in [5.74, 6) is 2.30. The number of ether oxygens (including phenoxy) is 1. The molecule has 5 aromatic carbocycles. The monoisotopic (exact) mass is 870 g/mol.